The molecule has 24 heavy (non-hydrogen) atoms. The summed E-state index contributed by atoms with van der Waals surface area (Å²) in [5.41, 5.74) is 2.14. The molecule has 1 heterocycles. The quantitative estimate of drug-likeness (QED) is 0.618. The van der Waals surface area contributed by atoms with Gasteiger partial charge in [0.1, 0.15) is 5.75 Å². The van der Waals surface area contributed by atoms with Gasteiger partial charge in [-0.05, 0) is 48.0 Å². The molecule has 0 aromatic heterocycles. The van der Waals surface area contributed by atoms with Crippen LogP contribution in [0.1, 0.15) is 11.1 Å². The van der Waals surface area contributed by atoms with Gasteiger partial charge >= 0.3 is 0 Å². The van der Waals surface area contributed by atoms with Crippen molar-refractivity contribution < 1.29 is 9.53 Å². The van der Waals surface area contributed by atoms with E-state index < -0.39 is 0 Å². The van der Waals surface area contributed by atoms with Crippen LogP contribution in [0.3, 0.4) is 0 Å². The molecule has 0 unspecified atom stereocenters. The van der Waals surface area contributed by atoms with Gasteiger partial charge in [0, 0.05) is 0 Å². The van der Waals surface area contributed by atoms with E-state index in [0.29, 0.717) is 20.5 Å². The van der Waals surface area contributed by atoms with Crippen molar-refractivity contribution in [2.75, 3.05) is 12.0 Å². The zero-order valence-corrected chi connectivity index (χ0v) is 14.4. The lowest BCUT2D eigenvalue weighted by atomic mass is 10.1. The standard InChI is InChI=1S/C18H12N2O2S2/c1-22-15-8-6-14(7-9-15)20-17(21)16(24-18(20)23)10-12-2-4-13(11-19)5-3-12/h2-10H,1H3. The highest BCUT2D eigenvalue weighted by Gasteiger charge is 2.33. The molecule has 1 amide bonds. The summed E-state index contributed by atoms with van der Waals surface area (Å²) in [5, 5.41) is 8.83. The number of carbonyl (C=O) groups excluding carboxylic acids is 1. The second kappa shape index (κ2) is 6.87. The van der Waals surface area contributed by atoms with E-state index in [-0.39, 0.29) is 5.91 Å². The maximum Gasteiger partial charge on any atom is 0.270 e. The number of amides is 1. The summed E-state index contributed by atoms with van der Waals surface area (Å²) in [7, 11) is 1.59. The fourth-order valence-corrected chi connectivity index (χ4v) is 3.53. The molecule has 1 saturated heterocycles. The highest BCUT2D eigenvalue weighted by molar-refractivity contribution is 8.27. The van der Waals surface area contributed by atoms with Gasteiger partial charge in [0.15, 0.2) is 4.32 Å². The maximum absolute atomic E-state index is 12.7. The van der Waals surface area contributed by atoms with E-state index in [1.807, 2.05) is 0 Å². The maximum atomic E-state index is 12.7. The van der Waals surface area contributed by atoms with Crippen molar-refractivity contribution in [2.24, 2.45) is 0 Å². The number of ether oxygens (including phenoxy) is 1. The van der Waals surface area contributed by atoms with Crippen molar-refractivity contribution in [3.63, 3.8) is 0 Å². The molecule has 0 radical (unpaired) electrons. The molecule has 0 atom stereocenters. The van der Waals surface area contributed by atoms with Gasteiger partial charge in [-0.3, -0.25) is 9.69 Å². The molecule has 2 aromatic carbocycles. The van der Waals surface area contributed by atoms with Crippen LogP contribution in [0, 0.1) is 11.3 Å². The largest absolute Gasteiger partial charge is 0.497 e. The Kier molecular flexibility index (Phi) is 4.65. The number of rotatable bonds is 3. The van der Waals surface area contributed by atoms with Crippen molar-refractivity contribution in [2.45, 2.75) is 0 Å². The van der Waals surface area contributed by atoms with Crippen LogP contribution < -0.4 is 9.64 Å². The molecule has 0 bridgehead atoms. The first-order chi connectivity index (χ1) is 11.6. The first-order valence-electron chi connectivity index (χ1n) is 7.04. The second-order valence-corrected chi connectivity index (χ2v) is 6.62. The van der Waals surface area contributed by atoms with Crippen molar-refractivity contribution in [3.8, 4) is 11.8 Å². The number of nitriles is 1. The lowest BCUT2D eigenvalue weighted by molar-refractivity contribution is -0.113. The summed E-state index contributed by atoms with van der Waals surface area (Å²) in [6.07, 6.45) is 1.78. The Balaban J connectivity index is 1.87. The molecule has 3 rings (SSSR count). The van der Waals surface area contributed by atoms with Crippen LogP contribution >= 0.6 is 24.0 Å². The molecule has 6 heteroatoms. The van der Waals surface area contributed by atoms with Gasteiger partial charge < -0.3 is 4.74 Å². The van der Waals surface area contributed by atoms with E-state index in [9.17, 15) is 4.79 Å². The van der Waals surface area contributed by atoms with Gasteiger partial charge in [0.05, 0.1) is 29.3 Å². The van der Waals surface area contributed by atoms with Crippen LogP contribution in [0.4, 0.5) is 5.69 Å². The van der Waals surface area contributed by atoms with Gasteiger partial charge in [-0.2, -0.15) is 5.26 Å². The van der Waals surface area contributed by atoms with Crippen LogP contribution in [0.15, 0.2) is 53.4 Å². The van der Waals surface area contributed by atoms with Gasteiger partial charge in [-0.15, -0.1) is 0 Å². The minimum absolute atomic E-state index is 0.153. The lowest BCUT2D eigenvalue weighted by Crippen LogP contribution is -2.27. The monoisotopic (exact) mass is 352 g/mol. The van der Waals surface area contributed by atoms with Gasteiger partial charge in [0.25, 0.3) is 5.91 Å². The van der Waals surface area contributed by atoms with Crippen LogP contribution in [-0.4, -0.2) is 17.3 Å². The fourth-order valence-electron chi connectivity index (χ4n) is 2.23. The summed E-state index contributed by atoms with van der Waals surface area (Å²) < 4.78 is 5.62. The van der Waals surface area contributed by atoms with E-state index in [2.05, 4.69) is 6.07 Å². The predicted molar refractivity (Wildman–Crippen MR) is 99.8 cm³/mol. The summed E-state index contributed by atoms with van der Waals surface area (Å²) in [5.74, 6) is 0.567. The van der Waals surface area contributed by atoms with Crippen molar-refractivity contribution in [3.05, 3.63) is 64.6 Å². The Labute approximate surface area is 149 Å². The molecule has 0 spiro atoms. The first-order valence-corrected chi connectivity index (χ1v) is 8.27. The number of thiocarbonyl (C=S) groups is 1. The predicted octanol–water partition coefficient (Wildman–Crippen LogP) is 3.97. The number of thioether (sulfide) groups is 1. The average Bonchev–Trinajstić information content (AvgIpc) is 2.89. The van der Waals surface area contributed by atoms with E-state index in [4.69, 9.17) is 22.2 Å². The molecule has 1 aliphatic rings. The smallest absolute Gasteiger partial charge is 0.270 e. The molecule has 0 aliphatic carbocycles. The molecule has 0 saturated carbocycles. The Morgan fingerprint density at radius 1 is 1.17 bits per heavy atom. The van der Waals surface area contributed by atoms with E-state index >= 15 is 0 Å². The third-order valence-electron chi connectivity index (χ3n) is 3.46. The number of nitrogens with zero attached hydrogens (tertiary/aromatic N) is 2. The van der Waals surface area contributed by atoms with Gasteiger partial charge in [-0.1, -0.05) is 36.1 Å². The average molecular weight is 352 g/mol. The highest BCUT2D eigenvalue weighted by atomic mass is 32.2. The lowest BCUT2D eigenvalue weighted by Gasteiger charge is -2.14. The Morgan fingerprint density at radius 3 is 2.42 bits per heavy atom. The minimum atomic E-state index is -0.153. The number of carbonyl (C=O) groups is 1. The Hall–Kier alpha value is -2.62. The summed E-state index contributed by atoms with van der Waals surface area (Å²) in [6.45, 7) is 0. The second-order valence-electron chi connectivity index (χ2n) is 4.95. The normalized spacial score (nSPS) is 15.7. The third-order valence-corrected chi connectivity index (χ3v) is 4.76. The number of hydrogen-bond acceptors (Lipinski definition) is 5. The summed E-state index contributed by atoms with van der Waals surface area (Å²) >= 11 is 6.61. The molecular weight excluding hydrogens is 340 g/mol. The summed E-state index contributed by atoms with van der Waals surface area (Å²) in [4.78, 5) is 14.7. The fraction of sp³-hybridized carbons (Fsp3) is 0.0556. The van der Waals surface area contributed by atoms with E-state index in [1.165, 1.54) is 16.7 Å². The van der Waals surface area contributed by atoms with Crippen LogP contribution in [0.25, 0.3) is 6.08 Å². The third kappa shape index (κ3) is 3.18. The van der Waals surface area contributed by atoms with E-state index in [1.54, 1.807) is 61.7 Å². The zero-order chi connectivity index (χ0) is 17.1. The van der Waals surface area contributed by atoms with Gasteiger partial charge in [-0.25, -0.2) is 0 Å². The molecule has 1 aliphatic heterocycles. The number of hydrogen-bond donors (Lipinski definition) is 0. The molecule has 118 valence electrons. The number of anilines is 1. The zero-order valence-electron chi connectivity index (χ0n) is 12.7. The molecule has 4 nitrogen and oxygen atoms in total. The van der Waals surface area contributed by atoms with Crippen LogP contribution in [0.5, 0.6) is 5.75 Å². The molecule has 2 aromatic rings. The highest BCUT2D eigenvalue weighted by Crippen LogP contribution is 2.36. The van der Waals surface area contributed by atoms with Gasteiger partial charge in [0.2, 0.25) is 0 Å². The number of benzene rings is 2. The van der Waals surface area contributed by atoms with Crippen molar-refractivity contribution in [1.82, 2.24) is 0 Å². The van der Waals surface area contributed by atoms with E-state index in [0.717, 1.165) is 11.3 Å². The van der Waals surface area contributed by atoms with Crippen molar-refractivity contribution in [1.29, 1.82) is 5.26 Å². The van der Waals surface area contributed by atoms with Crippen LogP contribution in [0.2, 0.25) is 0 Å². The number of methoxy groups -OCH3 is 1. The molecular formula is C18H12N2O2S2. The SMILES string of the molecule is COc1ccc(N2C(=O)C(=Cc3ccc(C#N)cc3)SC2=S)cc1. The molecule has 0 N–H and O–H groups in total. The minimum Gasteiger partial charge on any atom is -0.497 e. The topological polar surface area (TPSA) is 53.3 Å². The van der Waals surface area contributed by atoms with Crippen LogP contribution in [-0.2, 0) is 4.79 Å². The Morgan fingerprint density at radius 2 is 1.83 bits per heavy atom. The summed E-state index contributed by atoms with van der Waals surface area (Å²) in [6, 6.07) is 16.3. The van der Waals surface area contributed by atoms with Crippen molar-refractivity contribution >= 4 is 46.0 Å². The molecule has 1 fully saturated rings. The Bertz CT molecular complexity index is 865. The first kappa shape index (κ1) is 16.2.